The fourth-order valence-electron chi connectivity index (χ4n) is 2.64. The molecule has 4 nitrogen and oxygen atoms in total. The topological polar surface area (TPSA) is 58.6 Å². The third kappa shape index (κ3) is 4.23. The van der Waals surface area contributed by atoms with Gasteiger partial charge < -0.3 is 15.2 Å². The number of benzene rings is 1. The summed E-state index contributed by atoms with van der Waals surface area (Å²) in [6.07, 6.45) is 4.85. The standard InChI is InChI=1S/C16H23NO3/c1-20-13-9-7-12(8-10-13)11-16(19)17-14-5-3-2-4-6-15(14)18/h7-10,14-15,18H,2-6,11H2,1H3,(H,17,19). The van der Waals surface area contributed by atoms with Gasteiger partial charge in [0.2, 0.25) is 5.91 Å². The molecule has 0 aromatic heterocycles. The molecule has 1 fully saturated rings. The second-order valence-corrected chi connectivity index (χ2v) is 5.40. The van der Waals surface area contributed by atoms with Crippen molar-refractivity contribution in [2.75, 3.05) is 7.11 Å². The molecule has 1 aliphatic carbocycles. The first kappa shape index (κ1) is 14.9. The summed E-state index contributed by atoms with van der Waals surface area (Å²) in [7, 11) is 1.62. The molecule has 1 aromatic rings. The van der Waals surface area contributed by atoms with Crippen LogP contribution in [0.2, 0.25) is 0 Å². The fourth-order valence-corrected chi connectivity index (χ4v) is 2.64. The maximum Gasteiger partial charge on any atom is 0.224 e. The molecule has 2 unspecified atom stereocenters. The van der Waals surface area contributed by atoms with E-state index in [1.165, 1.54) is 0 Å². The molecule has 1 aromatic carbocycles. The molecule has 2 rings (SSSR count). The van der Waals surface area contributed by atoms with Gasteiger partial charge in [-0.25, -0.2) is 0 Å². The second-order valence-electron chi connectivity index (χ2n) is 5.40. The van der Waals surface area contributed by atoms with E-state index in [0.717, 1.165) is 43.4 Å². The summed E-state index contributed by atoms with van der Waals surface area (Å²) >= 11 is 0. The fraction of sp³-hybridized carbons (Fsp3) is 0.562. The van der Waals surface area contributed by atoms with Crippen molar-refractivity contribution in [1.29, 1.82) is 0 Å². The van der Waals surface area contributed by atoms with Crippen molar-refractivity contribution < 1.29 is 14.6 Å². The molecule has 0 spiro atoms. The van der Waals surface area contributed by atoms with Crippen LogP contribution in [-0.2, 0) is 11.2 Å². The quantitative estimate of drug-likeness (QED) is 0.828. The molecule has 0 radical (unpaired) electrons. The summed E-state index contributed by atoms with van der Waals surface area (Å²) in [6.45, 7) is 0. The Morgan fingerprint density at radius 1 is 1.25 bits per heavy atom. The zero-order valence-corrected chi connectivity index (χ0v) is 12.0. The van der Waals surface area contributed by atoms with E-state index in [-0.39, 0.29) is 11.9 Å². The lowest BCUT2D eigenvalue weighted by Crippen LogP contribution is -2.43. The van der Waals surface area contributed by atoms with E-state index in [0.29, 0.717) is 6.42 Å². The van der Waals surface area contributed by atoms with Crippen molar-refractivity contribution in [3.63, 3.8) is 0 Å². The Balaban J connectivity index is 1.87. The van der Waals surface area contributed by atoms with Crippen LogP contribution >= 0.6 is 0 Å². The zero-order valence-electron chi connectivity index (χ0n) is 12.0. The van der Waals surface area contributed by atoms with E-state index in [1.807, 2.05) is 24.3 Å². The largest absolute Gasteiger partial charge is 0.497 e. The van der Waals surface area contributed by atoms with Crippen molar-refractivity contribution in [2.24, 2.45) is 0 Å². The number of hydrogen-bond donors (Lipinski definition) is 2. The van der Waals surface area contributed by atoms with Gasteiger partial charge in [0.25, 0.3) is 0 Å². The van der Waals surface area contributed by atoms with Crippen LogP contribution < -0.4 is 10.1 Å². The predicted octanol–water partition coefficient (Wildman–Crippen LogP) is 2.05. The van der Waals surface area contributed by atoms with Gasteiger partial charge in [-0.05, 0) is 30.5 Å². The number of aliphatic hydroxyl groups is 1. The molecule has 0 aliphatic heterocycles. The van der Waals surface area contributed by atoms with Crippen LogP contribution in [0.4, 0.5) is 0 Å². The Morgan fingerprint density at radius 2 is 1.95 bits per heavy atom. The van der Waals surface area contributed by atoms with Gasteiger partial charge in [-0.15, -0.1) is 0 Å². The highest BCUT2D eigenvalue weighted by atomic mass is 16.5. The van der Waals surface area contributed by atoms with Crippen LogP contribution in [0.25, 0.3) is 0 Å². The number of rotatable bonds is 4. The summed E-state index contributed by atoms with van der Waals surface area (Å²) in [5, 5.41) is 13.0. The molecular weight excluding hydrogens is 254 g/mol. The van der Waals surface area contributed by atoms with Crippen LogP contribution in [0, 0.1) is 0 Å². The van der Waals surface area contributed by atoms with Gasteiger partial charge in [-0.1, -0.05) is 31.4 Å². The summed E-state index contributed by atoms with van der Waals surface area (Å²) < 4.78 is 5.09. The Morgan fingerprint density at radius 3 is 2.65 bits per heavy atom. The van der Waals surface area contributed by atoms with E-state index in [9.17, 15) is 9.90 Å². The molecule has 1 aliphatic rings. The molecule has 110 valence electrons. The van der Waals surface area contributed by atoms with Gasteiger partial charge in [0.05, 0.1) is 25.7 Å². The van der Waals surface area contributed by atoms with Crippen molar-refractivity contribution in [1.82, 2.24) is 5.32 Å². The van der Waals surface area contributed by atoms with Crippen molar-refractivity contribution >= 4 is 5.91 Å². The maximum absolute atomic E-state index is 12.0. The molecule has 1 amide bonds. The zero-order chi connectivity index (χ0) is 14.4. The minimum atomic E-state index is -0.405. The lowest BCUT2D eigenvalue weighted by Gasteiger charge is -2.21. The number of ether oxygens (including phenoxy) is 1. The highest BCUT2D eigenvalue weighted by molar-refractivity contribution is 5.79. The third-order valence-corrected chi connectivity index (χ3v) is 3.85. The Bertz CT molecular complexity index is 430. The smallest absolute Gasteiger partial charge is 0.224 e. The Kier molecular flexibility index (Phi) is 5.41. The van der Waals surface area contributed by atoms with E-state index < -0.39 is 6.10 Å². The van der Waals surface area contributed by atoms with Crippen LogP contribution in [0.1, 0.15) is 37.7 Å². The minimum absolute atomic E-state index is 0.0267. The lowest BCUT2D eigenvalue weighted by atomic mass is 10.1. The van der Waals surface area contributed by atoms with Crippen molar-refractivity contribution in [3.05, 3.63) is 29.8 Å². The number of carbonyl (C=O) groups excluding carboxylic acids is 1. The van der Waals surface area contributed by atoms with E-state index in [2.05, 4.69) is 5.32 Å². The van der Waals surface area contributed by atoms with Gasteiger partial charge in [0.15, 0.2) is 0 Å². The first-order valence-corrected chi connectivity index (χ1v) is 7.29. The van der Waals surface area contributed by atoms with Crippen molar-refractivity contribution in [3.8, 4) is 5.75 Å². The average molecular weight is 277 g/mol. The van der Waals surface area contributed by atoms with Gasteiger partial charge >= 0.3 is 0 Å². The van der Waals surface area contributed by atoms with Gasteiger partial charge in [-0.3, -0.25) is 4.79 Å². The molecule has 1 saturated carbocycles. The van der Waals surface area contributed by atoms with Gasteiger partial charge in [-0.2, -0.15) is 0 Å². The number of hydrogen-bond acceptors (Lipinski definition) is 3. The first-order chi connectivity index (χ1) is 9.69. The highest BCUT2D eigenvalue weighted by Gasteiger charge is 2.22. The third-order valence-electron chi connectivity index (χ3n) is 3.85. The average Bonchev–Trinajstić information content (AvgIpc) is 2.65. The van der Waals surface area contributed by atoms with Crippen LogP contribution in [0.5, 0.6) is 5.75 Å². The summed E-state index contributed by atoms with van der Waals surface area (Å²) in [6, 6.07) is 7.39. The van der Waals surface area contributed by atoms with Crippen LogP contribution in [-0.4, -0.2) is 30.3 Å². The molecule has 0 bridgehead atoms. The van der Waals surface area contributed by atoms with Crippen LogP contribution in [0.15, 0.2) is 24.3 Å². The monoisotopic (exact) mass is 277 g/mol. The predicted molar refractivity (Wildman–Crippen MR) is 77.7 cm³/mol. The molecule has 0 saturated heterocycles. The Hall–Kier alpha value is -1.55. The summed E-state index contributed by atoms with van der Waals surface area (Å²) in [5.41, 5.74) is 0.950. The summed E-state index contributed by atoms with van der Waals surface area (Å²) in [4.78, 5) is 12.0. The van der Waals surface area contributed by atoms with E-state index in [4.69, 9.17) is 4.74 Å². The SMILES string of the molecule is COc1ccc(CC(=O)NC2CCCCCC2O)cc1. The molecule has 0 heterocycles. The first-order valence-electron chi connectivity index (χ1n) is 7.29. The van der Waals surface area contributed by atoms with Gasteiger partial charge in [0, 0.05) is 0 Å². The maximum atomic E-state index is 12.0. The van der Waals surface area contributed by atoms with Crippen molar-refractivity contribution in [2.45, 2.75) is 50.7 Å². The molecule has 4 heteroatoms. The lowest BCUT2D eigenvalue weighted by molar-refractivity contribution is -0.122. The number of nitrogens with one attached hydrogen (secondary N) is 1. The minimum Gasteiger partial charge on any atom is -0.497 e. The van der Waals surface area contributed by atoms with E-state index in [1.54, 1.807) is 7.11 Å². The second kappa shape index (κ2) is 7.29. The number of amides is 1. The number of aliphatic hydroxyl groups excluding tert-OH is 1. The highest BCUT2D eigenvalue weighted by Crippen LogP contribution is 2.18. The number of methoxy groups -OCH3 is 1. The van der Waals surface area contributed by atoms with E-state index >= 15 is 0 Å². The Labute approximate surface area is 120 Å². The number of carbonyl (C=O) groups is 1. The molecule has 2 atom stereocenters. The molecule has 20 heavy (non-hydrogen) atoms. The summed E-state index contributed by atoms with van der Waals surface area (Å²) in [5.74, 6) is 0.759. The van der Waals surface area contributed by atoms with Crippen LogP contribution in [0.3, 0.4) is 0 Å². The molecule has 2 N–H and O–H groups in total. The normalized spacial score (nSPS) is 22.9. The van der Waals surface area contributed by atoms with Gasteiger partial charge in [0.1, 0.15) is 5.75 Å². The molecular formula is C16H23NO3.